The summed E-state index contributed by atoms with van der Waals surface area (Å²) in [4.78, 5) is 19.7. The number of carbonyl (C=O) groups is 1. The van der Waals surface area contributed by atoms with Gasteiger partial charge in [0.05, 0.1) is 24.5 Å². The van der Waals surface area contributed by atoms with E-state index >= 15 is 0 Å². The maximum absolute atomic E-state index is 13.2. The summed E-state index contributed by atoms with van der Waals surface area (Å²) < 4.78 is 12.2. The Morgan fingerprint density at radius 1 is 1.33 bits per heavy atom. The first-order chi connectivity index (χ1) is 13.2. The number of ether oxygens (including phenoxy) is 2. The third-order valence-electron chi connectivity index (χ3n) is 4.57. The highest BCUT2D eigenvalue weighted by Gasteiger charge is 2.27. The number of para-hydroxylation sites is 1. The molecule has 0 bridgehead atoms. The fourth-order valence-electron chi connectivity index (χ4n) is 3.18. The highest BCUT2D eigenvalue weighted by molar-refractivity contribution is 7.22. The van der Waals surface area contributed by atoms with Gasteiger partial charge in [-0.15, -0.1) is 0 Å². The predicted molar refractivity (Wildman–Crippen MR) is 108 cm³/mol. The lowest BCUT2D eigenvalue weighted by Gasteiger charge is -2.23. The molecule has 2 aromatic carbocycles. The quantitative estimate of drug-likeness (QED) is 0.616. The number of carbonyl (C=O) groups excluding carboxylic acids is 1. The lowest BCUT2D eigenvalue weighted by atomic mass is 10.2. The van der Waals surface area contributed by atoms with Crippen LogP contribution in [0.2, 0.25) is 5.02 Å². The highest BCUT2D eigenvalue weighted by Crippen LogP contribution is 2.35. The Kier molecular flexibility index (Phi) is 5.29. The monoisotopic (exact) mass is 402 g/mol. The highest BCUT2D eigenvalue weighted by atomic mass is 35.5. The van der Waals surface area contributed by atoms with Crippen LogP contribution >= 0.6 is 22.9 Å². The van der Waals surface area contributed by atoms with Crippen molar-refractivity contribution >= 4 is 44.2 Å². The minimum atomic E-state index is -0.111. The van der Waals surface area contributed by atoms with Gasteiger partial charge in [-0.1, -0.05) is 29.0 Å². The first-order valence-corrected chi connectivity index (χ1v) is 9.98. The van der Waals surface area contributed by atoms with Gasteiger partial charge in [0.15, 0.2) is 5.13 Å². The molecule has 140 valence electrons. The molecule has 7 heteroatoms. The number of hydrogen-bond donors (Lipinski definition) is 0. The first-order valence-electron chi connectivity index (χ1n) is 8.78. The number of rotatable bonds is 5. The van der Waals surface area contributed by atoms with E-state index < -0.39 is 0 Å². The van der Waals surface area contributed by atoms with Crippen LogP contribution in [-0.2, 0) is 4.74 Å². The van der Waals surface area contributed by atoms with E-state index in [4.69, 9.17) is 26.1 Å². The van der Waals surface area contributed by atoms with Gasteiger partial charge in [-0.25, -0.2) is 4.98 Å². The number of benzene rings is 2. The van der Waals surface area contributed by atoms with Crippen molar-refractivity contribution in [1.29, 1.82) is 0 Å². The molecule has 4 rings (SSSR count). The molecular weight excluding hydrogens is 384 g/mol. The van der Waals surface area contributed by atoms with Gasteiger partial charge in [0, 0.05) is 17.2 Å². The van der Waals surface area contributed by atoms with Crippen molar-refractivity contribution in [3.8, 4) is 5.75 Å². The molecule has 3 aromatic rings. The van der Waals surface area contributed by atoms with Crippen molar-refractivity contribution in [2.24, 2.45) is 0 Å². The molecular formula is C20H19ClN2O3S. The number of halogens is 1. The van der Waals surface area contributed by atoms with Crippen molar-refractivity contribution in [2.75, 3.05) is 25.2 Å². The summed E-state index contributed by atoms with van der Waals surface area (Å²) in [6.07, 6.45) is 1.98. The van der Waals surface area contributed by atoms with Crippen LogP contribution in [0, 0.1) is 0 Å². The largest absolute Gasteiger partial charge is 0.494 e. The molecule has 0 aliphatic carbocycles. The van der Waals surface area contributed by atoms with Crippen molar-refractivity contribution < 1.29 is 14.3 Å². The Hall–Kier alpha value is -2.15. The number of anilines is 1. The number of hydrogen-bond acceptors (Lipinski definition) is 5. The topological polar surface area (TPSA) is 51.7 Å². The van der Waals surface area contributed by atoms with Gasteiger partial charge in [0.1, 0.15) is 11.3 Å². The zero-order valence-electron chi connectivity index (χ0n) is 14.9. The summed E-state index contributed by atoms with van der Waals surface area (Å²) in [5, 5.41) is 1.24. The molecule has 2 heterocycles. The normalized spacial score (nSPS) is 16.6. The third-order valence-corrected chi connectivity index (χ3v) is 5.86. The Morgan fingerprint density at radius 2 is 2.15 bits per heavy atom. The van der Waals surface area contributed by atoms with Crippen LogP contribution in [-0.4, -0.2) is 37.3 Å². The third kappa shape index (κ3) is 3.78. The average Bonchev–Trinajstić information content (AvgIpc) is 3.35. The molecule has 1 aliphatic rings. The van der Waals surface area contributed by atoms with Crippen LogP contribution in [0.4, 0.5) is 5.13 Å². The molecule has 1 unspecified atom stereocenters. The summed E-state index contributed by atoms with van der Waals surface area (Å²) in [7, 11) is 1.62. The molecule has 1 saturated heterocycles. The van der Waals surface area contributed by atoms with Gasteiger partial charge in [-0.2, -0.15) is 0 Å². The number of methoxy groups -OCH3 is 1. The Morgan fingerprint density at radius 3 is 2.85 bits per heavy atom. The lowest BCUT2D eigenvalue weighted by Crippen LogP contribution is -2.37. The van der Waals surface area contributed by atoms with Crippen molar-refractivity contribution in [2.45, 2.75) is 18.9 Å². The van der Waals surface area contributed by atoms with Gasteiger partial charge in [0.25, 0.3) is 5.91 Å². The van der Waals surface area contributed by atoms with Gasteiger partial charge in [0.2, 0.25) is 0 Å². The predicted octanol–water partition coefficient (Wildman–Crippen LogP) is 4.78. The maximum Gasteiger partial charge on any atom is 0.260 e. The van der Waals surface area contributed by atoms with Crippen molar-refractivity contribution in [3.63, 3.8) is 0 Å². The van der Waals surface area contributed by atoms with E-state index in [1.807, 2.05) is 18.2 Å². The van der Waals surface area contributed by atoms with E-state index in [2.05, 4.69) is 0 Å². The maximum atomic E-state index is 13.2. The van der Waals surface area contributed by atoms with E-state index in [9.17, 15) is 4.79 Å². The van der Waals surface area contributed by atoms with Crippen LogP contribution < -0.4 is 9.64 Å². The minimum Gasteiger partial charge on any atom is -0.494 e. The summed E-state index contributed by atoms with van der Waals surface area (Å²) in [6, 6.07) is 12.7. The van der Waals surface area contributed by atoms with Gasteiger partial charge in [-0.05, 0) is 49.2 Å². The molecule has 0 N–H and O–H groups in total. The van der Waals surface area contributed by atoms with E-state index in [0.29, 0.717) is 28.0 Å². The van der Waals surface area contributed by atoms with Gasteiger partial charge in [-0.3, -0.25) is 9.69 Å². The fourth-order valence-corrected chi connectivity index (χ4v) is 4.30. The van der Waals surface area contributed by atoms with E-state index in [1.54, 1.807) is 36.3 Å². The summed E-state index contributed by atoms with van der Waals surface area (Å²) in [5.74, 6) is 0.589. The molecule has 5 nitrogen and oxygen atoms in total. The molecule has 0 spiro atoms. The van der Waals surface area contributed by atoms with Gasteiger partial charge < -0.3 is 9.47 Å². The molecule has 1 fully saturated rings. The van der Waals surface area contributed by atoms with Gasteiger partial charge >= 0.3 is 0 Å². The SMILES string of the molecule is COc1cccc2sc(N(CC3CCCO3)C(=O)c3ccc(Cl)cc3)nc12. The number of fused-ring (bicyclic) bond motifs is 1. The number of aromatic nitrogens is 1. The standard InChI is InChI=1S/C20H19ClN2O3S/c1-25-16-5-2-6-17-18(16)22-20(27-17)23(12-15-4-3-11-26-15)19(24)13-7-9-14(21)10-8-13/h2,5-10,15H,3-4,11-12H2,1H3. The van der Waals surface area contributed by atoms with Crippen LogP contribution in [0.1, 0.15) is 23.2 Å². The van der Waals surface area contributed by atoms with Crippen molar-refractivity contribution in [1.82, 2.24) is 4.98 Å². The number of thiazole rings is 1. The zero-order chi connectivity index (χ0) is 18.8. The Balaban J connectivity index is 1.73. The van der Waals surface area contributed by atoms with Crippen LogP contribution in [0.25, 0.3) is 10.2 Å². The van der Waals surface area contributed by atoms with E-state index in [-0.39, 0.29) is 12.0 Å². The molecule has 0 radical (unpaired) electrons. The minimum absolute atomic E-state index is 0.0233. The molecule has 1 amide bonds. The molecule has 0 saturated carbocycles. The van der Waals surface area contributed by atoms with Crippen LogP contribution in [0.5, 0.6) is 5.75 Å². The smallest absolute Gasteiger partial charge is 0.260 e. The Labute approximate surface area is 166 Å². The number of amides is 1. The lowest BCUT2D eigenvalue weighted by molar-refractivity contribution is 0.0917. The molecule has 1 aliphatic heterocycles. The molecule has 27 heavy (non-hydrogen) atoms. The van der Waals surface area contributed by atoms with E-state index in [1.165, 1.54) is 11.3 Å². The number of nitrogens with zero attached hydrogens (tertiary/aromatic N) is 2. The zero-order valence-corrected chi connectivity index (χ0v) is 16.4. The van der Waals surface area contributed by atoms with Crippen LogP contribution in [0.15, 0.2) is 42.5 Å². The molecule has 1 atom stereocenters. The average molecular weight is 403 g/mol. The van der Waals surface area contributed by atoms with Crippen molar-refractivity contribution in [3.05, 3.63) is 53.1 Å². The first kappa shape index (κ1) is 18.2. The second-order valence-electron chi connectivity index (χ2n) is 6.36. The summed E-state index contributed by atoms with van der Waals surface area (Å²) in [5.41, 5.74) is 1.34. The van der Waals surface area contributed by atoms with Crippen LogP contribution in [0.3, 0.4) is 0 Å². The fraction of sp³-hybridized carbons (Fsp3) is 0.300. The second-order valence-corrected chi connectivity index (χ2v) is 7.81. The Bertz CT molecular complexity index is 952. The molecule has 1 aromatic heterocycles. The second kappa shape index (κ2) is 7.84. The summed E-state index contributed by atoms with van der Waals surface area (Å²) in [6.45, 7) is 1.21. The summed E-state index contributed by atoms with van der Waals surface area (Å²) >= 11 is 7.44. The van der Waals surface area contributed by atoms with E-state index in [0.717, 1.165) is 29.7 Å².